The normalized spacial score (nSPS) is 29.1. The Bertz CT molecular complexity index is 944. The van der Waals surface area contributed by atoms with Crippen molar-refractivity contribution < 1.29 is 9.53 Å². The van der Waals surface area contributed by atoms with Crippen molar-refractivity contribution in [3.05, 3.63) is 35.1 Å². The molecule has 3 N–H and O–H groups in total. The van der Waals surface area contributed by atoms with E-state index in [1.54, 1.807) is 24.3 Å². The first-order valence-corrected chi connectivity index (χ1v) is 12.8. The molecule has 4 aliphatic rings. The lowest BCUT2D eigenvalue weighted by Crippen LogP contribution is -2.56. The average molecular weight is 476 g/mol. The third-order valence-electron chi connectivity index (χ3n) is 7.63. The number of amides is 1. The highest BCUT2D eigenvalue weighted by atomic mass is 35.5. The van der Waals surface area contributed by atoms with Crippen molar-refractivity contribution in [3.8, 4) is 5.75 Å². The minimum atomic E-state index is 0.0280. The maximum Gasteiger partial charge on any atom is 0.230 e. The molecular formula is C23H30ClN5O2S. The average Bonchev–Trinajstić information content (AvgIpc) is 3.10. The van der Waals surface area contributed by atoms with E-state index in [0.29, 0.717) is 27.2 Å². The molecule has 172 valence electrons. The predicted octanol–water partition coefficient (Wildman–Crippen LogP) is 4.04. The molecule has 0 radical (unpaired) electrons. The zero-order chi connectivity index (χ0) is 22.3. The van der Waals surface area contributed by atoms with Gasteiger partial charge >= 0.3 is 0 Å². The first kappa shape index (κ1) is 21.9. The van der Waals surface area contributed by atoms with Crippen LogP contribution in [0.25, 0.3) is 0 Å². The number of nitrogens with one attached hydrogen (secondary N) is 1. The summed E-state index contributed by atoms with van der Waals surface area (Å²) in [7, 11) is 0. The molecule has 7 nitrogen and oxygen atoms in total. The van der Waals surface area contributed by atoms with Crippen LogP contribution in [0.4, 0.5) is 0 Å². The second-order valence-corrected chi connectivity index (χ2v) is 11.2. The number of aromatic nitrogens is 3. The Kier molecular flexibility index (Phi) is 6.01. The van der Waals surface area contributed by atoms with Crippen LogP contribution in [0.3, 0.4) is 0 Å². The van der Waals surface area contributed by atoms with Crippen molar-refractivity contribution in [2.24, 2.45) is 23.2 Å². The Morgan fingerprint density at radius 3 is 2.47 bits per heavy atom. The fraction of sp³-hybridized carbons (Fsp3) is 0.609. The molecule has 0 aliphatic heterocycles. The van der Waals surface area contributed by atoms with Crippen LogP contribution in [0, 0.1) is 23.2 Å². The topological polar surface area (TPSA) is 95.1 Å². The van der Waals surface area contributed by atoms with E-state index < -0.39 is 0 Å². The van der Waals surface area contributed by atoms with E-state index in [-0.39, 0.29) is 24.3 Å². The highest BCUT2D eigenvalue weighted by molar-refractivity contribution is 7.99. The van der Waals surface area contributed by atoms with Gasteiger partial charge in [-0.2, -0.15) is 0 Å². The monoisotopic (exact) mass is 475 g/mol. The third kappa shape index (κ3) is 4.44. The van der Waals surface area contributed by atoms with Crippen molar-refractivity contribution in [2.75, 3.05) is 11.6 Å². The molecule has 2 aromatic rings. The molecule has 1 unspecified atom stereocenters. The first-order chi connectivity index (χ1) is 15.4. The summed E-state index contributed by atoms with van der Waals surface area (Å²) >= 11 is 7.19. The summed E-state index contributed by atoms with van der Waals surface area (Å²) in [5.41, 5.74) is 0.301. The van der Waals surface area contributed by atoms with Crippen LogP contribution in [0.1, 0.15) is 51.3 Å². The minimum Gasteiger partial charge on any atom is -0.486 e. The molecule has 32 heavy (non-hydrogen) atoms. The maximum absolute atomic E-state index is 12.7. The molecule has 4 aliphatic carbocycles. The van der Waals surface area contributed by atoms with Crippen molar-refractivity contribution in [1.29, 1.82) is 0 Å². The standard InChI is InChI=1S/C23H30ClN5O2S/c1-14(23-9-15-6-16(10-23)8-17(7-15)11-23)26-21(30)13-32-22-28-27-20(29(22)25)12-31-19-4-2-18(24)3-5-19/h2-5,14-17H,6-13,25H2,1H3,(H,26,30). The number of nitrogens with two attached hydrogens (primary N) is 1. The van der Waals surface area contributed by atoms with E-state index in [9.17, 15) is 4.79 Å². The van der Waals surface area contributed by atoms with E-state index >= 15 is 0 Å². The molecule has 6 rings (SSSR count). The lowest BCUT2D eigenvalue weighted by molar-refractivity contribution is -0.123. The van der Waals surface area contributed by atoms with Crippen molar-refractivity contribution >= 4 is 29.3 Å². The number of halogens is 1. The summed E-state index contributed by atoms with van der Waals surface area (Å²) in [5.74, 6) is 10.2. The number of thioether (sulfide) groups is 1. The van der Waals surface area contributed by atoms with Crippen LogP contribution in [0.2, 0.25) is 5.02 Å². The highest BCUT2D eigenvalue weighted by Crippen LogP contribution is 2.61. The van der Waals surface area contributed by atoms with Gasteiger partial charge in [-0.1, -0.05) is 23.4 Å². The first-order valence-electron chi connectivity index (χ1n) is 11.4. The Morgan fingerprint density at radius 2 is 1.84 bits per heavy atom. The number of carbonyl (C=O) groups is 1. The van der Waals surface area contributed by atoms with Crippen molar-refractivity contribution in [2.45, 2.75) is 63.3 Å². The lowest BCUT2D eigenvalue weighted by Gasteiger charge is -2.59. The van der Waals surface area contributed by atoms with Gasteiger partial charge in [0, 0.05) is 11.1 Å². The number of rotatable bonds is 8. The molecule has 1 heterocycles. The van der Waals surface area contributed by atoms with Gasteiger partial charge in [-0.25, -0.2) is 4.68 Å². The molecule has 1 amide bonds. The van der Waals surface area contributed by atoms with E-state index in [1.807, 2.05) is 0 Å². The Balaban J connectivity index is 1.12. The molecule has 9 heteroatoms. The van der Waals surface area contributed by atoms with Gasteiger partial charge < -0.3 is 15.9 Å². The largest absolute Gasteiger partial charge is 0.486 e. The van der Waals surface area contributed by atoms with Crippen LogP contribution in [0.15, 0.2) is 29.4 Å². The molecule has 0 spiro atoms. The number of carbonyl (C=O) groups excluding carboxylic acids is 1. The summed E-state index contributed by atoms with van der Waals surface area (Å²) < 4.78 is 7.07. The smallest absolute Gasteiger partial charge is 0.230 e. The lowest BCUT2D eigenvalue weighted by atomic mass is 9.48. The summed E-state index contributed by atoms with van der Waals surface area (Å²) in [5, 5.41) is 12.7. The zero-order valence-corrected chi connectivity index (χ0v) is 19.9. The van der Waals surface area contributed by atoms with Gasteiger partial charge in [-0.3, -0.25) is 4.79 Å². The molecule has 1 aromatic heterocycles. The van der Waals surface area contributed by atoms with Crippen LogP contribution >= 0.6 is 23.4 Å². The van der Waals surface area contributed by atoms with E-state index in [4.69, 9.17) is 22.2 Å². The number of benzene rings is 1. The summed E-state index contributed by atoms with van der Waals surface area (Å²) in [6.07, 6.45) is 8.06. The van der Waals surface area contributed by atoms with E-state index in [2.05, 4.69) is 22.4 Å². The van der Waals surface area contributed by atoms with Crippen molar-refractivity contribution in [3.63, 3.8) is 0 Å². The molecule has 0 saturated heterocycles. The number of hydrogen-bond acceptors (Lipinski definition) is 6. The number of hydrogen-bond donors (Lipinski definition) is 2. The fourth-order valence-corrected chi connectivity index (χ4v) is 7.27. The minimum absolute atomic E-state index is 0.0280. The van der Waals surface area contributed by atoms with Gasteiger partial charge in [-0.05, 0) is 92.9 Å². The highest BCUT2D eigenvalue weighted by Gasteiger charge is 2.53. The second-order valence-electron chi connectivity index (χ2n) is 9.87. The predicted molar refractivity (Wildman–Crippen MR) is 125 cm³/mol. The quantitative estimate of drug-likeness (QED) is 0.442. The van der Waals surface area contributed by atoms with Gasteiger partial charge in [0.15, 0.2) is 5.82 Å². The maximum atomic E-state index is 12.7. The molecule has 4 fully saturated rings. The summed E-state index contributed by atoms with van der Waals surface area (Å²) in [6.45, 7) is 2.38. The Morgan fingerprint density at radius 1 is 1.22 bits per heavy atom. The van der Waals surface area contributed by atoms with Crippen LogP contribution in [-0.4, -0.2) is 32.6 Å². The number of ether oxygens (including phenoxy) is 1. The number of nitrogen functional groups attached to an aromatic ring is 1. The van der Waals surface area contributed by atoms with Crippen LogP contribution < -0.4 is 15.9 Å². The SMILES string of the molecule is CC(NC(=O)CSc1nnc(COc2ccc(Cl)cc2)n1N)C12CC3CC(CC(C3)C1)C2. The summed E-state index contributed by atoms with van der Waals surface area (Å²) in [6, 6.07) is 7.29. The van der Waals surface area contributed by atoms with Gasteiger partial charge in [0.25, 0.3) is 0 Å². The zero-order valence-electron chi connectivity index (χ0n) is 18.3. The van der Waals surface area contributed by atoms with Gasteiger partial charge in [0.2, 0.25) is 11.1 Å². The van der Waals surface area contributed by atoms with Crippen LogP contribution in [-0.2, 0) is 11.4 Å². The Hall–Kier alpha value is -1.93. The molecule has 4 bridgehead atoms. The van der Waals surface area contributed by atoms with E-state index in [1.165, 1.54) is 55.0 Å². The summed E-state index contributed by atoms with van der Waals surface area (Å²) in [4.78, 5) is 12.7. The number of nitrogens with zero attached hydrogens (tertiary/aromatic N) is 3. The van der Waals surface area contributed by atoms with Gasteiger partial charge in [-0.15, -0.1) is 10.2 Å². The molecular weight excluding hydrogens is 446 g/mol. The molecule has 4 saturated carbocycles. The molecule has 1 aromatic carbocycles. The van der Waals surface area contributed by atoms with Crippen molar-refractivity contribution in [1.82, 2.24) is 20.2 Å². The van der Waals surface area contributed by atoms with Crippen LogP contribution in [0.5, 0.6) is 5.75 Å². The fourth-order valence-electron chi connectivity index (χ4n) is 6.46. The van der Waals surface area contributed by atoms with Gasteiger partial charge in [0.05, 0.1) is 5.75 Å². The Labute approximate surface area is 197 Å². The van der Waals surface area contributed by atoms with E-state index in [0.717, 1.165) is 17.8 Å². The van der Waals surface area contributed by atoms with Gasteiger partial charge in [0.1, 0.15) is 12.4 Å². The third-order valence-corrected chi connectivity index (χ3v) is 8.83. The molecule has 1 atom stereocenters. The second kappa shape index (κ2) is 8.78.